The van der Waals surface area contributed by atoms with Gasteiger partial charge in [0.05, 0.1) is 19.1 Å². The normalized spacial score (nSPS) is 17.2. The molecule has 2 heterocycles. The Morgan fingerprint density at radius 1 is 1.35 bits per heavy atom. The molecular weight excluding hydrogens is 388 g/mol. The number of aromatic nitrogens is 3. The summed E-state index contributed by atoms with van der Waals surface area (Å²) in [7, 11) is -0.795. The van der Waals surface area contributed by atoms with Crippen LogP contribution in [0.2, 0.25) is 0 Å². The van der Waals surface area contributed by atoms with Crippen molar-refractivity contribution in [3.63, 3.8) is 0 Å². The van der Waals surface area contributed by atoms with E-state index in [9.17, 15) is 22.8 Å². The molecule has 142 valence electrons. The number of allylic oxidation sites excluding steroid dienone is 1. The van der Waals surface area contributed by atoms with Crippen molar-refractivity contribution in [3.8, 4) is 6.01 Å². The van der Waals surface area contributed by atoms with E-state index in [1.165, 1.54) is 27.2 Å². The molecule has 0 fully saturated rings. The Bertz CT molecular complexity index is 971. The first-order valence-corrected chi connectivity index (χ1v) is 9.39. The minimum Gasteiger partial charge on any atom is -0.468 e. The molecule has 0 aliphatic carbocycles. The zero-order valence-electron chi connectivity index (χ0n) is 14.2. The van der Waals surface area contributed by atoms with Crippen LogP contribution in [0, 0.1) is 5.92 Å². The molecular formula is C13H16N4O7S2. The molecule has 0 bridgehead atoms. The van der Waals surface area contributed by atoms with Gasteiger partial charge in [-0.25, -0.2) is 27.3 Å². The Balaban J connectivity index is 2.40. The largest absolute Gasteiger partial charge is 0.468 e. The number of methoxy groups -OCH3 is 2. The lowest BCUT2D eigenvalue weighted by Gasteiger charge is -2.20. The van der Waals surface area contributed by atoms with Crippen LogP contribution in [-0.4, -0.2) is 49.0 Å². The third-order valence-corrected chi connectivity index (χ3v) is 6.01. The molecule has 2 rings (SSSR count). The van der Waals surface area contributed by atoms with Gasteiger partial charge in [0.1, 0.15) is 5.92 Å². The minimum atomic E-state index is -4.45. The maximum absolute atomic E-state index is 12.7. The van der Waals surface area contributed by atoms with E-state index < -0.39 is 33.6 Å². The predicted molar refractivity (Wildman–Crippen MR) is 91.8 cm³/mol. The second kappa shape index (κ2) is 7.37. The number of esters is 1. The van der Waals surface area contributed by atoms with Gasteiger partial charge in [-0.1, -0.05) is 6.08 Å². The van der Waals surface area contributed by atoms with Crippen LogP contribution in [0.15, 0.2) is 26.1 Å². The van der Waals surface area contributed by atoms with Crippen molar-refractivity contribution in [1.82, 2.24) is 19.1 Å². The summed E-state index contributed by atoms with van der Waals surface area (Å²) in [6, 6.07) is -1.49. The van der Waals surface area contributed by atoms with Gasteiger partial charge in [0.25, 0.3) is 10.0 Å². The molecule has 0 saturated heterocycles. The minimum absolute atomic E-state index is 0.179. The van der Waals surface area contributed by atoms with Gasteiger partial charge in [0.2, 0.25) is 0 Å². The number of hydrogen-bond donors (Lipinski definition) is 1. The number of thioether (sulfide) groups is 1. The number of nitrogens with zero attached hydrogens (tertiary/aromatic N) is 3. The number of rotatable bonds is 4. The van der Waals surface area contributed by atoms with E-state index in [0.717, 1.165) is 23.4 Å². The first-order valence-electron chi connectivity index (χ1n) is 7.03. The highest BCUT2D eigenvalue weighted by atomic mass is 32.2. The molecule has 1 aromatic rings. The van der Waals surface area contributed by atoms with Gasteiger partial charge < -0.3 is 9.47 Å². The number of ether oxygens (including phenoxy) is 2. The maximum atomic E-state index is 12.7. The number of carbonyl (C=O) groups is 2. The molecule has 1 amide bonds. The fourth-order valence-corrected chi connectivity index (χ4v) is 4.67. The zero-order chi connectivity index (χ0) is 19.6. The van der Waals surface area contributed by atoms with Crippen LogP contribution < -0.4 is 15.1 Å². The first kappa shape index (κ1) is 19.8. The third-order valence-electron chi connectivity index (χ3n) is 3.43. The van der Waals surface area contributed by atoms with Gasteiger partial charge in [-0.2, -0.15) is 0 Å². The van der Waals surface area contributed by atoms with Gasteiger partial charge in [-0.15, -0.1) is 21.5 Å². The zero-order valence-corrected chi connectivity index (χ0v) is 15.9. The van der Waals surface area contributed by atoms with Crippen LogP contribution >= 0.6 is 11.8 Å². The molecule has 1 aromatic heterocycles. The van der Waals surface area contributed by atoms with Crippen molar-refractivity contribution in [1.29, 1.82) is 0 Å². The molecule has 26 heavy (non-hydrogen) atoms. The highest BCUT2D eigenvalue weighted by Gasteiger charge is 2.36. The average molecular weight is 404 g/mol. The number of amides is 1. The van der Waals surface area contributed by atoms with Crippen molar-refractivity contribution in [2.75, 3.05) is 14.2 Å². The van der Waals surface area contributed by atoms with Crippen molar-refractivity contribution in [2.45, 2.75) is 6.92 Å². The third kappa shape index (κ3) is 3.53. The molecule has 1 aliphatic heterocycles. The number of hydrogen-bond acceptors (Lipinski definition) is 9. The Morgan fingerprint density at radius 2 is 2.00 bits per heavy atom. The highest BCUT2D eigenvalue weighted by Crippen LogP contribution is 2.35. The van der Waals surface area contributed by atoms with Crippen molar-refractivity contribution < 1.29 is 27.5 Å². The monoisotopic (exact) mass is 404 g/mol. The summed E-state index contributed by atoms with van der Waals surface area (Å²) in [6.45, 7) is 1.49. The second-order valence-electron chi connectivity index (χ2n) is 5.02. The topological polar surface area (TPSA) is 139 Å². The number of nitrogens with one attached hydrogen (secondary N) is 1. The van der Waals surface area contributed by atoms with Gasteiger partial charge in [0.15, 0.2) is 0 Å². The fourth-order valence-electron chi connectivity index (χ4n) is 2.20. The SMILES string of the molecule is COC(=O)C1C=CSC(C)=C1S(=O)(=O)NC(=O)n1nc(OC)n(C)c1=O. The Morgan fingerprint density at radius 3 is 2.54 bits per heavy atom. The molecule has 1 atom stereocenters. The Hall–Kier alpha value is -2.54. The summed E-state index contributed by atoms with van der Waals surface area (Å²) in [5.74, 6) is -2.01. The average Bonchev–Trinajstić information content (AvgIpc) is 2.88. The first-order chi connectivity index (χ1) is 12.1. The molecule has 1 N–H and O–H groups in total. The molecule has 1 aliphatic rings. The summed E-state index contributed by atoms with van der Waals surface area (Å²) in [5, 5.41) is 5.14. The molecule has 1 unspecified atom stereocenters. The summed E-state index contributed by atoms with van der Waals surface area (Å²) in [4.78, 5) is 36.0. The van der Waals surface area contributed by atoms with Gasteiger partial charge in [0, 0.05) is 12.0 Å². The molecule has 0 aromatic carbocycles. The standard InChI is InChI=1S/C13H16N4O7S2/c1-7-9(8(5-6-25-7)10(18)23-3)26(21,22)15-11(19)17-13(20)16(2)12(14-17)24-4/h5-6,8H,1-4H3,(H,15,19). The van der Waals surface area contributed by atoms with Crippen LogP contribution in [-0.2, 0) is 26.6 Å². The van der Waals surface area contributed by atoms with Crippen LogP contribution in [0.5, 0.6) is 6.01 Å². The van der Waals surface area contributed by atoms with Crippen LogP contribution in [0.4, 0.5) is 4.79 Å². The van der Waals surface area contributed by atoms with E-state index >= 15 is 0 Å². The summed E-state index contributed by atoms with van der Waals surface area (Å²) >= 11 is 1.07. The number of carbonyl (C=O) groups excluding carboxylic acids is 2. The lowest BCUT2D eigenvalue weighted by atomic mass is 10.1. The van der Waals surface area contributed by atoms with E-state index in [4.69, 9.17) is 4.74 Å². The van der Waals surface area contributed by atoms with Crippen LogP contribution in [0.1, 0.15) is 6.92 Å². The van der Waals surface area contributed by atoms with Crippen LogP contribution in [0.3, 0.4) is 0 Å². The van der Waals surface area contributed by atoms with Gasteiger partial charge in [-0.3, -0.25) is 4.79 Å². The van der Waals surface area contributed by atoms with Gasteiger partial charge >= 0.3 is 23.7 Å². The van der Waals surface area contributed by atoms with E-state index in [1.807, 2.05) is 0 Å². The predicted octanol–water partition coefficient (Wildman–Crippen LogP) is -0.241. The Labute approximate surface area is 152 Å². The van der Waals surface area contributed by atoms with E-state index in [0.29, 0.717) is 4.68 Å². The molecule has 0 spiro atoms. The van der Waals surface area contributed by atoms with E-state index in [2.05, 4.69) is 9.84 Å². The smallest absolute Gasteiger partial charge is 0.360 e. The summed E-state index contributed by atoms with van der Waals surface area (Å²) in [5.41, 5.74) is -0.900. The second-order valence-corrected chi connectivity index (χ2v) is 7.79. The lowest BCUT2D eigenvalue weighted by molar-refractivity contribution is -0.142. The van der Waals surface area contributed by atoms with Crippen molar-refractivity contribution in [3.05, 3.63) is 31.8 Å². The van der Waals surface area contributed by atoms with E-state index in [-0.39, 0.29) is 15.8 Å². The van der Waals surface area contributed by atoms with Crippen molar-refractivity contribution >= 4 is 33.8 Å². The maximum Gasteiger partial charge on any atom is 0.360 e. The lowest BCUT2D eigenvalue weighted by Crippen LogP contribution is -2.42. The van der Waals surface area contributed by atoms with Crippen molar-refractivity contribution in [2.24, 2.45) is 13.0 Å². The molecule has 0 saturated carbocycles. The fraction of sp³-hybridized carbons (Fsp3) is 0.385. The number of sulfonamides is 1. The summed E-state index contributed by atoms with van der Waals surface area (Å²) < 4.78 is 37.7. The van der Waals surface area contributed by atoms with E-state index in [1.54, 1.807) is 10.1 Å². The highest BCUT2D eigenvalue weighted by molar-refractivity contribution is 8.06. The van der Waals surface area contributed by atoms with Crippen LogP contribution in [0.25, 0.3) is 0 Å². The molecule has 11 nitrogen and oxygen atoms in total. The Kier molecular flexibility index (Phi) is 5.61. The molecule has 0 radical (unpaired) electrons. The van der Waals surface area contributed by atoms with Gasteiger partial charge in [-0.05, 0) is 12.3 Å². The molecule has 13 heteroatoms. The quantitative estimate of drug-likeness (QED) is 0.674. The summed E-state index contributed by atoms with van der Waals surface area (Å²) in [6.07, 6.45) is 1.35.